The first kappa shape index (κ1) is 12.8. The Labute approximate surface area is 97.6 Å². The van der Waals surface area contributed by atoms with E-state index in [-0.39, 0.29) is 18.0 Å². The Hall–Kier alpha value is -1.31. The van der Waals surface area contributed by atoms with E-state index in [1.807, 2.05) is 32.0 Å². The molecule has 0 aliphatic carbocycles. The quantitative estimate of drug-likeness (QED) is 0.710. The van der Waals surface area contributed by atoms with E-state index in [4.69, 9.17) is 4.74 Å². The van der Waals surface area contributed by atoms with E-state index in [1.165, 1.54) is 5.56 Å². The minimum Gasteiger partial charge on any atom is -0.462 e. The van der Waals surface area contributed by atoms with Crippen LogP contribution >= 0.6 is 0 Å². The van der Waals surface area contributed by atoms with Crippen LogP contribution in [0.2, 0.25) is 0 Å². The van der Waals surface area contributed by atoms with Crippen LogP contribution in [0.3, 0.4) is 0 Å². The molecular weight excluding hydrogens is 200 g/mol. The van der Waals surface area contributed by atoms with Crippen molar-refractivity contribution < 1.29 is 9.53 Å². The van der Waals surface area contributed by atoms with Gasteiger partial charge in [0.25, 0.3) is 0 Å². The largest absolute Gasteiger partial charge is 0.462 e. The summed E-state index contributed by atoms with van der Waals surface area (Å²) in [6.45, 7) is 5.97. The number of hydrogen-bond acceptors (Lipinski definition) is 2. The zero-order valence-electron chi connectivity index (χ0n) is 10.3. The number of carbonyl (C=O) groups is 1. The van der Waals surface area contributed by atoms with Crippen molar-refractivity contribution in [3.05, 3.63) is 35.9 Å². The number of rotatable bonds is 5. The summed E-state index contributed by atoms with van der Waals surface area (Å²) < 4.78 is 5.43. The van der Waals surface area contributed by atoms with Crippen molar-refractivity contribution in [2.75, 3.05) is 0 Å². The van der Waals surface area contributed by atoms with E-state index in [1.54, 1.807) is 0 Å². The highest BCUT2D eigenvalue weighted by molar-refractivity contribution is 5.69. The van der Waals surface area contributed by atoms with E-state index in [0.29, 0.717) is 6.42 Å². The van der Waals surface area contributed by atoms with Crippen molar-refractivity contribution >= 4 is 5.97 Å². The van der Waals surface area contributed by atoms with Gasteiger partial charge >= 0.3 is 5.97 Å². The molecule has 1 aromatic carbocycles. The fourth-order valence-electron chi connectivity index (χ4n) is 1.76. The van der Waals surface area contributed by atoms with Crippen LogP contribution in [0.5, 0.6) is 0 Å². The summed E-state index contributed by atoms with van der Waals surface area (Å²) in [7, 11) is 0. The van der Waals surface area contributed by atoms with Crippen molar-refractivity contribution in [3.63, 3.8) is 0 Å². The van der Waals surface area contributed by atoms with Crippen LogP contribution in [0.1, 0.15) is 45.1 Å². The second-order valence-electron chi connectivity index (χ2n) is 3.99. The van der Waals surface area contributed by atoms with Crippen LogP contribution < -0.4 is 0 Å². The minimum absolute atomic E-state index is 0.0187. The Morgan fingerprint density at radius 1 is 1.25 bits per heavy atom. The third kappa shape index (κ3) is 3.37. The molecule has 0 heterocycles. The maximum atomic E-state index is 11.3. The highest BCUT2D eigenvalue weighted by atomic mass is 16.5. The predicted octanol–water partition coefficient (Wildman–Crippen LogP) is 3.52. The fourth-order valence-corrected chi connectivity index (χ4v) is 1.76. The Morgan fingerprint density at radius 2 is 1.88 bits per heavy atom. The Balaban J connectivity index is 2.70. The molecule has 0 saturated carbocycles. The van der Waals surface area contributed by atoms with Crippen LogP contribution in [0.25, 0.3) is 0 Å². The van der Waals surface area contributed by atoms with Gasteiger partial charge in [-0.15, -0.1) is 0 Å². The predicted molar refractivity (Wildman–Crippen MR) is 65.3 cm³/mol. The van der Waals surface area contributed by atoms with E-state index in [0.717, 1.165) is 6.42 Å². The first-order chi connectivity index (χ1) is 7.69. The van der Waals surface area contributed by atoms with Crippen molar-refractivity contribution in [2.45, 2.75) is 45.6 Å². The molecule has 88 valence electrons. The molecule has 0 N–H and O–H groups in total. The molecule has 2 heteroatoms. The molecule has 2 atom stereocenters. The van der Waals surface area contributed by atoms with Crippen LogP contribution in [0.15, 0.2) is 30.3 Å². The molecule has 0 amide bonds. The van der Waals surface area contributed by atoms with Gasteiger partial charge in [-0.1, -0.05) is 51.1 Å². The average molecular weight is 220 g/mol. The minimum atomic E-state index is -0.116. The maximum Gasteiger partial charge on any atom is 0.305 e. The highest BCUT2D eigenvalue weighted by Gasteiger charge is 2.20. The molecule has 0 fully saturated rings. The molecule has 0 radical (unpaired) electrons. The van der Waals surface area contributed by atoms with E-state index in [2.05, 4.69) is 19.1 Å². The molecule has 2 nitrogen and oxygen atoms in total. The summed E-state index contributed by atoms with van der Waals surface area (Å²) in [5, 5.41) is 0. The van der Waals surface area contributed by atoms with Gasteiger partial charge in [-0.3, -0.25) is 4.79 Å². The molecule has 0 aliphatic rings. The molecule has 1 aromatic rings. The van der Waals surface area contributed by atoms with Gasteiger partial charge in [0.2, 0.25) is 0 Å². The van der Waals surface area contributed by atoms with Crippen LogP contribution in [0, 0.1) is 0 Å². The van der Waals surface area contributed by atoms with Gasteiger partial charge in [0.05, 0.1) is 0 Å². The highest BCUT2D eigenvalue weighted by Crippen LogP contribution is 2.23. The van der Waals surface area contributed by atoms with Gasteiger partial charge < -0.3 is 4.74 Å². The van der Waals surface area contributed by atoms with Crippen LogP contribution in [-0.4, -0.2) is 12.1 Å². The SMILES string of the molecule is CCC(=O)OC(CC)C(C)c1ccccc1. The number of benzene rings is 1. The normalized spacial score (nSPS) is 14.2. The third-order valence-corrected chi connectivity index (χ3v) is 2.86. The average Bonchev–Trinajstić information content (AvgIpc) is 2.35. The summed E-state index contributed by atoms with van der Waals surface area (Å²) >= 11 is 0. The standard InChI is InChI=1S/C14H20O2/c1-4-13(16-14(15)5-2)11(3)12-9-7-6-8-10-12/h6-11,13H,4-5H2,1-3H3. The van der Waals surface area contributed by atoms with Gasteiger partial charge in [-0.05, 0) is 12.0 Å². The Kier molecular flexibility index (Phi) is 5.03. The topological polar surface area (TPSA) is 26.3 Å². The summed E-state index contributed by atoms with van der Waals surface area (Å²) in [5.74, 6) is 0.135. The molecule has 0 saturated heterocycles. The molecule has 16 heavy (non-hydrogen) atoms. The zero-order valence-corrected chi connectivity index (χ0v) is 10.3. The monoisotopic (exact) mass is 220 g/mol. The zero-order chi connectivity index (χ0) is 12.0. The van der Waals surface area contributed by atoms with Crippen LogP contribution in [0.4, 0.5) is 0 Å². The first-order valence-corrected chi connectivity index (χ1v) is 5.93. The van der Waals surface area contributed by atoms with Gasteiger partial charge in [-0.2, -0.15) is 0 Å². The van der Waals surface area contributed by atoms with Gasteiger partial charge in [0.15, 0.2) is 0 Å². The summed E-state index contributed by atoms with van der Waals surface area (Å²) in [6, 6.07) is 10.2. The smallest absolute Gasteiger partial charge is 0.305 e. The maximum absolute atomic E-state index is 11.3. The molecule has 1 rings (SSSR count). The number of hydrogen-bond donors (Lipinski definition) is 0. The molecule has 2 unspecified atom stereocenters. The molecular formula is C14H20O2. The summed E-state index contributed by atoms with van der Waals surface area (Å²) in [5.41, 5.74) is 1.22. The fraction of sp³-hybridized carbons (Fsp3) is 0.500. The lowest BCUT2D eigenvalue weighted by Gasteiger charge is -2.23. The van der Waals surface area contributed by atoms with Crippen LogP contribution in [-0.2, 0) is 9.53 Å². The first-order valence-electron chi connectivity index (χ1n) is 5.93. The van der Waals surface area contributed by atoms with Crippen molar-refractivity contribution in [1.82, 2.24) is 0 Å². The number of esters is 1. The second kappa shape index (κ2) is 6.31. The van der Waals surface area contributed by atoms with E-state index >= 15 is 0 Å². The summed E-state index contributed by atoms with van der Waals surface area (Å²) in [4.78, 5) is 11.3. The van der Waals surface area contributed by atoms with Gasteiger partial charge in [0.1, 0.15) is 6.10 Å². The lowest BCUT2D eigenvalue weighted by molar-refractivity contribution is -0.149. The van der Waals surface area contributed by atoms with Crippen molar-refractivity contribution in [1.29, 1.82) is 0 Å². The number of ether oxygens (including phenoxy) is 1. The second-order valence-corrected chi connectivity index (χ2v) is 3.99. The lowest BCUT2D eigenvalue weighted by atomic mass is 9.94. The van der Waals surface area contributed by atoms with Crippen molar-refractivity contribution in [2.24, 2.45) is 0 Å². The van der Waals surface area contributed by atoms with Gasteiger partial charge in [0, 0.05) is 12.3 Å². The molecule has 0 aromatic heterocycles. The van der Waals surface area contributed by atoms with E-state index in [9.17, 15) is 4.79 Å². The molecule has 0 bridgehead atoms. The van der Waals surface area contributed by atoms with Crippen molar-refractivity contribution in [3.8, 4) is 0 Å². The Morgan fingerprint density at radius 3 is 2.38 bits per heavy atom. The third-order valence-electron chi connectivity index (χ3n) is 2.86. The summed E-state index contributed by atoms with van der Waals surface area (Å²) in [6.07, 6.45) is 1.27. The molecule has 0 spiro atoms. The number of carbonyl (C=O) groups excluding carboxylic acids is 1. The molecule has 0 aliphatic heterocycles. The lowest BCUT2D eigenvalue weighted by Crippen LogP contribution is -2.22. The Bertz CT molecular complexity index is 319. The van der Waals surface area contributed by atoms with E-state index < -0.39 is 0 Å². The van der Waals surface area contributed by atoms with Gasteiger partial charge in [-0.25, -0.2) is 0 Å².